The van der Waals surface area contributed by atoms with Gasteiger partial charge in [0.2, 0.25) is 66.1 Å². The van der Waals surface area contributed by atoms with E-state index in [1.165, 1.54) is 20.2 Å². The molecular weight excluding hydrogens is 1900 g/mol. The van der Waals surface area contributed by atoms with Crippen LogP contribution in [0.5, 0.6) is 0 Å². The van der Waals surface area contributed by atoms with Gasteiger partial charge in [0.05, 0.1) is 64.4 Å². The second-order valence-corrected chi connectivity index (χ2v) is 39.9. The van der Waals surface area contributed by atoms with E-state index < -0.39 is 42.3 Å². The molecule has 0 aliphatic carbocycles. The zero-order valence-electron chi connectivity index (χ0n) is 81.5. The fraction of sp³-hybridized carbons (Fsp3) is 0.590. The van der Waals surface area contributed by atoms with E-state index in [4.69, 9.17) is 64.8 Å². The Morgan fingerprint density at radius 2 is 0.844 bits per heavy atom. The van der Waals surface area contributed by atoms with Crippen LogP contribution >= 0.6 is 45.5 Å². The number of anilines is 9. The third-order valence-electron chi connectivity index (χ3n) is 17.2. The first-order valence-corrected chi connectivity index (χ1v) is 50.9. The number of nitrogens with two attached hydrogens (primary N) is 3. The van der Waals surface area contributed by atoms with E-state index in [9.17, 15) is 47.2 Å². The number of aromatic nitrogens is 20. The number of rotatable bonds is 36. The van der Waals surface area contributed by atoms with Crippen LogP contribution in [0.1, 0.15) is 130 Å². The average Bonchev–Trinajstić information content (AvgIpc) is 1.66. The molecule has 0 unspecified atom stereocenters. The Bertz CT molecular complexity index is 5340. The molecule has 0 spiro atoms. The van der Waals surface area contributed by atoms with Gasteiger partial charge < -0.3 is 98.0 Å². The van der Waals surface area contributed by atoms with Gasteiger partial charge in [0.15, 0.2) is 31.1 Å². The molecule has 0 aliphatic heterocycles. The Kier molecular flexibility index (Phi) is 64.4. The summed E-state index contributed by atoms with van der Waals surface area (Å²) in [6.45, 7) is 32.1. The van der Waals surface area contributed by atoms with Gasteiger partial charge in [-0.3, -0.25) is 34.5 Å². The minimum Gasteiger partial charge on any atom is -0.417 e. The fourth-order valence-corrected chi connectivity index (χ4v) is 11.7. The van der Waals surface area contributed by atoms with Gasteiger partial charge >= 0.3 is 17.1 Å². The van der Waals surface area contributed by atoms with E-state index in [0.29, 0.717) is 84.3 Å². The van der Waals surface area contributed by atoms with Crippen molar-refractivity contribution < 1.29 is 50.1 Å². The van der Waals surface area contributed by atoms with E-state index in [1.807, 2.05) is 58.0 Å². The standard InChI is InChI=1S/C12H20N6.C11H17N5O3S.C10H15N5O.C9H15N5O2.C9H17N5.C9H23NOSi.C8H11ClN4O2.C4HCl2N3O2.C2H7N.C2H4O.CH3ClO2S.CH5N/c1-9-15-10-8-14-12(13-2)16-11(10)18(9)7-5-6-17(3)4;1-8-14-9-7-13-11(12-2)15-10(9)16(8)5-4-6-19-20(3,17)18;1-7-13-8-6-12-10(11-2)14-9(8)15(7)4-3-5-16;1-3-4-5-11-8-7(14(15)16)6-12-9(10-2)13-8;1-3-4-5-12-8-7(10)6-13-9(11-2)14-8;1-9(2,3)12(4,5)11-8-6-7-10;1-2-3-4-10-7-6(13(14)15)5-11-8(9)12-7;5-3-2(9(10)11)1-7-4(6)8-3;1-3-2;1-2-3;1-5(2,3)4;1-2/h8H,5-7H2,1-4H3,(H,13,14,16);7H,4-6H2,1-3H3,(H,12,13,15);6,16H,3-5H2,1-2H3,(H,11,12,14);6H,3-5H2,1-2H3,(H2,10,11,12,13);6H,3-5,10H2,1-2H3,(H2,11,12,13,14);6-8,10H2,1-5H3;5H,2-4H2,1H3,(H,10,11,12);1H;3H,1-2H3;2H,1H3;1H3;2H2,1H3. The third-order valence-corrected chi connectivity index (χ3v) is 23.0. The molecule has 10 rings (SSSR count). The number of halogens is 4. The van der Waals surface area contributed by atoms with Crippen LogP contribution in [-0.4, -0.2) is 290 Å². The topological polar surface area (TPSA) is 677 Å². The number of fused-ring (bicyclic) bond motifs is 3. The number of nitrogens with zero attached hydrogens (tertiary/aromatic N) is 24. The molecule has 16 N–H and O–H groups in total. The highest BCUT2D eigenvalue weighted by molar-refractivity contribution is 8.13. The smallest absolute Gasteiger partial charge is 0.329 e. The van der Waals surface area contributed by atoms with Gasteiger partial charge in [-0.05, 0) is 162 Å². The summed E-state index contributed by atoms with van der Waals surface area (Å²) in [6, 6.07) is 0. The van der Waals surface area contributed by atoms with Gasteiger partial charge in [0, 0.05) is 98.4 Å². The Labute approximate surface area is 810 Å². The van der Waals surface area contributed by atoms with Crippen molar-refractivity contribution in [1.82, 2.24) is 109 Å². The number of aldehydes is 1. The number of carbonyl (C=O) groups excluding carboxylic acids is 1. The molecule has 0 atom stereocenters. The maximum atomic E-state index is 10.9. The summed E-state index contributed by atoms with van der Waals surface area (Å²) in [5.74, 6) is 6.52. The molecule has 0 fully saturated rings. The van der Waals surface area contributed by atoms with Crippen LogP contribution in [0, 0.1) is 51.1 Å². The van der Waals surface area contributed by atoms with Crippen molar-refractivity contribution in [2.75, 3.05) is 184 Å². The zero-order chi connectivity index (χ0) is 103. The van der Waals surface area contributed by atoms with E-state index in [2.05, 4.69) is 220 Å². The van der Waals surface area contributed by atoms with Gasteiger partial charge in [0.1, 0.15) is 58.9 Å². The number of carbonyl (C=O) groups is 1. The van der Waals surface area contributed by atoms with E-state index >= 15 is 0 Å². The molecule has 0 aromatic carbocycles. The van der Waals surface area contributed by atoms with Crippen molar-refractivity contribution in [3.05, 3.63) is 107 Å². The van der Waals surface area contributed by atoms with Gasteiger partial charge in [-0.2, -0.15) is 43.3 Å². The average molecular weight is 2040 g/mol. The Hall–Kier alpha value is -11.0. The SMILES string of the molecule is CC(C)(C)[Si](C)(C)OCCCN.CC=O.CCCCNc1nc(Cl)ncc1[N+](=O)[O-].CCCCNc1nc(NC)ncc1N.CCCCNc1nc(NC)ncc1[N+](=O)[O-].CN.CNC.CNc1ncc2nc(C)n(CCCN(C)C)c2n1.CNc1ncc2nc(C)n(CCCO)c2n1.CNc1ncc2nc(C)n(CCCOS(C)(=O)=O)c2n1.CS(=O)(=O)Cl.O=[N+]([O-])c1cnc(Cl)nc1Cl. The zero-order valence-corrected chi connectivity index (χ0v) is 87.2. The second kappa shape index (κ2) is 68.9. The Balaban J connectivity index is 0. The lowest BCUT2D eigenvalue weighted by Crippen LogP contribution is -2.41. The molecule has 0 bridgehead atoms. The van der Waals surface area contributed by atoms with E-state index in [-0.39, 0.29) is 57.6 Å². The first-order chi connectivity index (χ1) is 63.6. The van der Waals surface area contributed by atoms with Crippen LogP contribution in [0.4, 0.5) is 69.9 Å². The summed E-state index contributed by atoms with van der Waals surface area (Å²) in [5.41, 5.74) is 20.4. The molecule has 0 radical (unpaired) electrons. The van der Waals surface area contributed by atoms with Crippen molar-refractivity contribution in [2.24, 2.45) is 11.5 Å². The van der Waals surface area contributed by atoms with E-state index in [1.54, 1.807) is 53.0 Å². The van der Waals surface area contributed by atoms with Crippen molar-refractivity contribution in [3.63, 3.8) is 0 Å². The van der Waals surface area contributed by atoms with E-state index in [0.717, 1.165) is 167 Å². The maximum absolute atomic E-state index is 10.9. The number of unbranched alkanes of at least 4 members (excludes halogenated alkanes) is 3. The third kappa shape index (κ3) is 52.1. The molecule has 57 heteroatoms. The Morgan fingerprint density at radius 1 is 0.519 bits per heavy atom. The lowest BCUT2D eigenvalue weighted by atomic mass is 10.2. The quantitative estimate of drug-likeness (QED) is 0.00200. The number of nitrogens with one attached hydrogen (secondary N) is 9. The molecule has 10 aromatic heterocycles. The fourth-order valence-electron chi connectivity index (χ4n) is 9.73. The normalized spacial score (nSPS) is 10.6. The molecule has 0 saturated heterocycles. The number of imidazole rings is 3. The van der Waals surface area contributed by atoms with Crippen molar-refractivity contribution >= 4 is 183 Å². The maximum Gasteiger partial charge on any atom is 0.329 e. The van der Waals surface area contributed by atoms with Crippen LogP contribution in [0.25, 0.3) is 33.5 Å². The summed E-state index contributed by atoms with van der Waals surface area (Å²) in [6.07, 6.45) is 22.2. The molecule has 0 amide bonds. The lowest BCUT2D eigenvalue weighted by molar-refractivity contribution is -0.385. The van der Waals surface area contributed by atoms with Crippen LogP contribution in [0.2, 0.25) is 33.9 Å². The largest absolute Gasteiger partial charge is 0.417 e. The number of aliphatic hydroxyl groups is 1. The second-order valence-electron chi connectivity index (χ2n) is 29.4. The summed E-state index contributed by atoms with van der Waals surface area (Å²) < 4.78 is 57.2. The van der Waals surface area contributed by atoms with Crippen LogP contribution < -0.4 is 65.1 Å². The first-order valence-electron chi connectivity index (χ1n) is 42.4. The molecule has 10 heterocycles. The summed E-state index contributed by atoms with van der Waals surface area (Å²) in [4.78, 5) is 110. The minimum atomic E-state index is -3.39. The predicted molar refractivity (Wildman–Crippen MR) is 540 cm³/mol. The molecule has 758 valence electrons. The molecular formula is C78H138Cl4N36O14S2Si. The number of aryl methyl sites for hydroxylation is 6. The van der Waals surface area contributed by atoms with Gasteiger partial charge in [-0.15, -0.1) is 0 Å². The monoisotopic (exact) mass is 2030 g/mol. The highest BCUT2D eigenvalue weighted by Crippen LogP contribution is 2.37. The molecule has 135 heavy (non-hydrogen) atoms. The van der Waals surface area contributed by atoms with Crippen LogP contribution in [0.3, 0.4) is 0 Å². The van der Waals surface area contributed by atoms with Crippen molar-refractivity contribution in [2.45, 2.75) is 171 Å². The molecule has 0 aliphatic rings. The minimum absolute atomic E-state index is 0.000372. The van der Waals surface area contributed by atoms with Crippen molar-refractivity contribution in [1.29, 1.82) is 0 Å². The number of hydrogen-bond donors (Lipinski definition) is 13. The van der Waals surface area contributed by atoms with Crippen molar-refractivity contribution in [3.8, 4) is 0 Å². The lowest BCUT2D eigenvalue weighted by Gasteiger charge is -2.36. The highest BCUT2D eigenvalue weighted by atomic mass is 35.7. The first kappa shape index (κ1) is 126. The Morgan fingerprint density at radius 3 is 1.19 bits per heavy atom. The molecule has 10 aromatic rings. The van der Waals surface area contributed by atoms with Gasteiger partial charge in [-0.1, -0.05) is 72.4 Å². The molecule has 0 saturated carbocycles. The highest BCUT2D eigenvalue weighted by Gasteiger charge is 2.37. The number of hydrogen-bond acceptors (Lipinski definition) is 44. The summed E-state index contributed by atoms with van der Waals surface area (Å²) in [5, 5.41) is 66.3. The predicted octanol–water partition coefficient (Wildman–Crippen LogP) is 11.3. The summed E-state index contributed by atoms with van der Waals surface area (Å²) in [7, 11) is 14.6. The number of aliphatic hydroxyl groups excluding tert-OH is 1. The summed E-state index contributed by atoms with van der Waals surface area (Å²) >= 11 is 16.2. The number of nitrogen functional groups attached to an aromatic ring is 1. The molecule has 50 nitrogen and oxygen atoms in total. The van der Waals surface area contributed by atoms with Crippen LogP contribution in [-0.2, 0) is 52.2 Å². The van der Waals surface area contributed by atoms with Crippen LogP contribution in [0.15, 0.2) is 43.4 Å². The van der Waals surface area contributed by atoms with Gasteiger partial charge in [-0.25, -0.2) is 58.3 Å². The number of nitro groups is 3. The van der Waals surface area contributed by atoms with Gasteiger partial charge in [0.25, 0.3) is 10.1 Å².